The lowest BCUT2D eigenvalue weighted by atomic mass is 10.1. The summed E-state index contributed by atoms with van der Waals surface area (Å²) in [5.41, 5.74) is -1.81. The molecule has 1 heterocycles. The number of nitro benzene ring substituents is 1. The van der Waals surface area contributed by atoms with Crippen molar-refractivity contribution in [3.05, 3.63) is 45.4 Å². The topological polar surface area (TPSA) is 137 Å². The van der Waals surface area contributed by atoms with Gasteiger partial charge >= 0.3 is 0 Å². The van der Waals surface area contributed by atoms with Gasteiger partial charge in [0.1, 0.15) is 23.3 Å². The van der Waals surface area contributed by atoms with E-state index in [1.54, 1.807) is 0 Å². The van der Waals surface area contributed by atoms with E-state index >= 15 is 0 Å². The molecule has 0 unspecified atom stereocenters. The van der Waals surface area contributed by atoms with Crippen LogP contribution in [0.1, 0.15) is 5.56 Å². The first-order valence-electron chi connectivity index (χ1n) is 6.22. The van der Waals surface area contributed by atoms with Crippen molar-refractivity contribution in [2.24, 2.45) is 0 Å². The Hall–Kier alpha value is -3.32. The standard InChI is InChI=1S/C13H9FN4O5/c14-8-4-9(11(18(22)23)3-7(8)6-15)16-10-5-12(20)17(1-2-19)13(10)21/h3-5,16,19H,1-2H2. The smallest absolute Gasteiger partial charge is 0.294 e. The highest BCUT2D eigenvalue weighted by Gasteiger charge is 2.32. The fourth-order valence-corrected chi connectivity index (χ4v) is 1.95. The fraction of sp³-hybridized carbons (Fsp3) is 0.154. The molecular formula is C13H9FN4O5. The van der Waals surface area contributed by atoms with Crippen LogP contribution in [0.4, 0.5) is 15.8 Å². The Labute approximate surface area is 128 Å². The Kier molecular flexibility index (Phi) is 4.33. The predicted octanol–water partition coefficient (Wildman–Crippen LogP) is 0.262. The first kappa shape index (κ1) is 16.1. The van der Waals surface area contributed by atoms with Gasteiger partial charge in [-0.15, -0.1) is 0 Å². The number of hydrogen-bond acceptors (Lipinski definition) is 7. The van der Waals surface area contributed by atoms with E-state index in [0.29, 0.717) is 6.07 Å². The molecule has 0 saturated heterocycles. The van der Waals surface area contributed by atoms with Gasteiger partial charge < -0.3 is 10.4 Å². The summed E-state index contributed by atoms with van der Waals surface area (Å²) in [7, 11) is 0. The van der Waals surface area contributed by atoms with Crippen LogP contribution in [0.2, 0.25) is 0 Å². The predicted molar refractivity (Wildman–Crippen MR) is 73.3 cm³/mol. The van der Waals surface area contributed by atoms with E-state index in [2.05, 4.69) is 5.32 Å². The van der Waals surface area contributed by atoms with E-state index in [9.17, 15) is 24.1 Å². The fourth-order valence-electron chi connectivity index (χ4n) is 1.95. The minimum absolute atomic E-state index is 0.233. The molecule has 0 aromatic heterocycles. The van der Waals surface area contributed by atoms with Crippen LogP contribution in [0.3, 0.4) is 0 Å². The lowest BCUT2D eigenvalue weighted by molar-refractivity contribution is -0.384. The molecule has 0 atom stereocenters. The molecule has 0 spiro atoms. The molecule has 10 heteroatoms. The number of aliphatic hydroxyl groups is 1. The Morgan fingerprint density at radius 1 is 1.43 bits per heavy atom. The second-order valence-corrected chi connectivity index (χ2v) is 4.42. The number of aliphatic hydroxyl groups excluding tert-OH is 1. The zero-order chi connectivity index (χ0) is 17.1. The maximum Gasteiger partial charge on any atom is 0.294 e. The molecule has 9 nitrogen and oxygen atoms in total. The molecular weight excluding hydrogens is 311 g/mol. The zero-order valence-corrected chi connectivity index (χ0v) is 11.4. The quantitative estimate of drug-likeness (QED) is 0.451. The molecule has 118 valence electrons. The van der Waals surface area contributed by atoms with Crippen LogP contribution < -0.4 is 5.32 Å². The molecule has 2 amide bonds. The summed E-state index contributed by atoms with van der Waals surface area (Å²) in [6.45, 7) is -0.673. The van der Waals surface area contributed by atoms with Crippen molar-refractivity contribution in [3.8, 4) is 6.07 Å². The molecule has 0 radical (unpaired) electrons. The van der Waals surface area contributed by atoms with Crippen molar-refractivity contribution in [1.29, 1.82) is 5.26 Å². The van der Waals surface area contributed by atoms with E-state index in [1.807, 2.05) is 0 Å². The summed E-state index contributed by atoms with van der Waals surface area (Å²) in [5, 5.41) is 30.8. The number of β-amino-alcohol motifs (C(OH)–C–C–N with tert-alkyl or cyclic N) is 1. The number of amides is 2. The van der Waals surface area contributed by atoms with E-state index in [0.717, 1.165) is 17.0 Å². The number of imide groups is 1. The third-order valence-electron chi connectivity index (χ3n) is 3.00. The molecule has 1 aliphatic rings. The summed E-state index contributed by atoms with van der Waals surface area (Å²) in [5.74, 6) is -2.52. The van der Waals surface area contributed by atoms with Gasteiger partial charge in [0.25, 0.3) is 17.5 Å². The Morgan fingerprint density at radius 2 is 2.13 bits per heavy atom. The molecule has 2 rings (SSSR count). The number of halogens is 1. The number of benzene rings is 1. The van der Waals surface area contributed by atoms with Gasteiger partial charge in [0.05, 0.1) is 23.6 Å². The first-order chi connectivity index (χ1) is 10.9. The number of carbonyl (C=O) groups is 2. The van der Waals surface area contributed by atoms with Gasteiger partial charge in [-0.3, -0.25) is 24.6 Å². The van der Waals surface area contributed by atoms with Crippen LogP contribution >= 0.6 is 0 Å². The number of hydrogen-bond donors (Lipinski definition) is 2. The third kappa shape index (κ3) is 2.99. The average molecular weight is 320 g/mol. The Morgan fingerprint density at radius 3 is 2.70 bits per heavy atom. The second kappa shape index (κ2) is 6.20. The molecule has 1 aromatic rings. The van der Waals surface area contributed by atoms with Gasteiger partial charge in [0.2, 0.25) is 0 Å². The summed E-state index contributed by atoms with van der Waals surface area (Å²) in [6.07, 6.45) is 0.887. The van der Waals surface area contributed by atoms with Crippen LogP contribution in [0, 0.1) is 27.3 Å². The second-order valence-electron chi connectivity index (χ2n) is 4.42. The number of anilines is 1. The van der Waals surface area contributed by atoms with Gasteiger partial charge in [-0.1, -0.05) is 0 Å². The van der Waals surface area contributed by atoms with Crippen LogP contribution in [0.15, 0.2) is 23.9 Å². The molecule has 0 aliphatic carbocycles. The van der Waals surface area contributed by atoms with E-state index in [4.69, 9.17) is 10.4 Å². The minimum atomic E-state index is -1.01. The number of carbonyl (C=O) groups excluding carboxylic acids is 2. The summed E-state index contributed by atoms with van der Waals surface area (Å²) in [4.78, 5) is 34.4. The molecule has 2 N–H and O–H groups in total. The molecule has 1 aliphatic heterocycles. The lowest BCUT2D eigenvalue weighted by Crippen LogP contribution is -2.34. The van der Waals surface area contributed by atoms with Crippen LogP contribution in [-0.2, 0) is 9.59 Å². The Bertz CT molecular complexity index is 783. The van der Waals surface area contributed by atoms with Crippen molar-refractivity contribution >= 4 is 23.2 Å². The van der Waals surface area contributed by atoms with Crippen molar-refractivity contribution in [2.45, 2.75) is 0 Å². The number of nitrogens with zero attached hydrogens (tertiary/aromatic N) is 3. The number of nitro groups is 1. The van der Waals surface area contributed by atoms with Crippen LogP contribution in [0.5, 0.6) is 0 Å². The van der Waals surface area contributed by atoms with Crippen molar-refractivity contribution in [3.63, 3.8) is 0 Å². The highest BCUT2D eigenvalue weighted by Crippen LogP contribution is 2.29. The molecule has 0 bridgehead atoms. The highest BCUT2D eigenvalue weighted by molar-refractivity contribution is 6.17. The summed E-state index contributed by atoms with van der Waals surface area (Å²) in [6, 6.07) is 2.90. The first-order valence-corrected chi connectivity index (χ1v) is 6.22. The molecule has 23 heavy (non-hydrogen) atoms. The Balaban J connectivity index is 2.38. The van der Waals surface area contributed by atoms with Gasteiger partial charge in [-0.05, 0) is 0 Å². The van der Waals surface area contributed by atoms with Crippen LogP contribution in [0.25, 0.3) is 0 Å². The summed E-state index contributed by atoms with van der Waals surface area (Å²) < 4.78 is 13.6. The van der Waals surface area contributed by atoms with Crippen LogP contribution in [-0.4, -0.2) is 39.9 Å². The van der Waals surface area contributed by atoms with Crippen molar-refractivity contribution in [2.75, 3.05) is 18.5 Å². The molecule has 0 saturated carbocycles. The van der Waals surface area contributed by atoms with E-state index in [1.165, 1.54) is 6.07 Å². The number of nitrogens with one attached hydrogen (secondary N) is 1. The minimum Gasteiger partial charge on any atom is -0.395 e. The van der Waals surface area contributed by atoms with Crippen molar-refractivity contribution < 1.29 is 24.0 Å². The summed E-state index contributed by atoms with van der Waals surface area (Å²) >= 11 is 0. The lowest BCUT2D eigenvalue weighted by Gasteiger charge is -2.13. The largest absolute Gasteiger partial charge is 0.395 e. The maximum atomic E-state index is 13.6. The SMILES string of the molecule is N#Cc1cc([N+](=O)[O-])c(NC2=CC(=O)N(CCO)C2=O)cc1F. The van der Waals surface area contributed by atoms with Gasteiger partial charge in [0, 0.05) is 18.2 Å². The monoisotopic (exact) mass is 320 g/mol. The maximum absolute atomic E-state index is 13.6. The number of nitriles is 1. The van der Waals surface area contributed by atoms with Crippen molar-refractivity contribution in [1.82, 2.24) is 4.90 Å². The highest BCUT2D eigenvalue weighted by atomic mass is 19.1. The van der Waals surface area contributed by atoms with Gasteiger partial charge in [-0.25, -0.2) is 4.39 Å². The average Bonchev–Trinajstić information content (AvgIpc) is 2.75. The van der Waals surface area contributed by atoms with Gasteiger partial charge in [0.15, 0.2) is 0 Å². The molecule has 0 fully saturated rings. The normalized spacial score (nSPS) is 13.8. The zero-order valence-electron chi connectivity index (χ0n) is 11.4. The molecule has 1 aromatic carbocycles. The van der Waals surface area contributed by atoms with E-state index in [-0.39, 0.29) is 17.9 Å². The van der Waals surface area contributed by atoms with Gasteiger partial charge in [-0.2, -0.15) is 5.26 Å². The third-order valence-corrected chi connectivity index (χ3v) is 3.00. The van der Waals surface area contributed by atoms with E-state index < -0.39 is 40.4 Å². The number of rotatable bonds is 5.